The minimum atomic E-state index is -3.38. The molecular weight excluding hydrogens is 338 g/mol. The lowest BCUT2D eigenvalue weighted by molar-refractivity contribution is 0.128. The summed E-state index contributed by atoms with van der Waals surface area (Å²) in [6.07, 6.45) is 0.991. The van der Waals surface area contributed by atoms with Crippen LogP contribution in [-0.2, 0) is 14.8 Å². The maximum Gasteiger partial charge on any atom is 0.250 e. The van der Waals surface area contributed by atoms with E-state index in [0.29, 0.717) is 29.9 Å². The third-order valence-corrected chi connectivity index (χ3v) is 5.77. The second kappa shape index (κ2) is 7.59. The number of rotatable bonds is 8. The van der Waals surface area contributed by atoms with Crippen molar-refractivity contribution in [2.75, 3.05) is 19.8 Å². The van der Waals surface area contributed by atoms with Gasteiger partial charge in [0.2, 0.25) is 10.0 Å². The van der Waals surface area contributed by atoms with E-state index in [1.165, 1.54) is 11.3 Å². The van der Waals surface area contributed by atoms with Gasteiger partial charge in [0.15, 0.2) is 0 Å². The molecule has 0 unspecified atom stereocenters. The van der Waals surface area contributed by atoms with Crippen molar-refractivity contribution < 1.29 is 13.2 Å². The molecule has 18 heavy (non-hydrogen) atoms. The molecular formula is C11H18BrNO3S2. The second-order valence-electron chi connectivity index (χ2n) is 4.25. The summed E-state index contributed by atoms with van der Waals surface area (Å²) in [4.78, 5) is 0. The van der Waals surface area contributed by atoms with Crippen LogP contribution in [0.2, 0.25) is 0 Å². The molecule has 4 nitrogen and oxygen atoms in total. The number of thiophene rings is 1. The first-order valence-electron chi connectivity index (χ1n) is 5.74. The lowest BCUT2D eigenvalue weighted by Crippen LogP contribution is -2.27. The van der Waals surface area contributed by atoms with E-state index in [-0.39, 0.29) is 0 Å². The number of ether oxygens (including phenoxy) is 1. The standard InChI is InChI=1S/C11H18BrNO3S2/c1-9(2)5-7-16-8-6-13-18(14,15)11-4-3-10(12)17-11/h3-4,9,13H,5-8H2,1-2H3. The Morgan fingerprint density at radius 3 is 2.67 bits per heavy atom. The zero-order valence-corrected chi connectivity index (χ0v) is 13.7. The predicted octanol–water partition coefficient (Wildman–Crippen LogP) is 2.85. The van der Waals surface area contributed by atoms with E-state index in [4.69, 9.17) is 4.74 Å². The van der Waals surface area contributed by atoms with E-state index < -0.39 is 10.0 Å². The highest BCUT2D eigenvalue weighted by Crippen LogP contribution is 2.25. The first-order chi connectivity index (χ1) is 8.42. The predicted molar refractivity (Wildman–Crippen MR) is 77.5 cm³/mol. The summed E-state index contributed by atoms with van der Waals surface area (Å²) < 4.78 is 32.6. The van der Waals surface area contributed by atoms with E-state index in [0.717, 1.165) is 10.2 Å². The van der Waals surface area contributed by atoms with Gasteiger partial charge < -0.3 is 4.74 Å². The van der Waals surface area contributed by atoms with Gasteiger partial charge in [0.25, 0.3) is 0 Å². The minimum Gasteiger partial charge on any atom is -0.380 e. The molecule has 0 saturated heterocycles. The van der Waals surface area contributed by atoms with E-state index in [9.17, 15) is 8.42 Å². The summed E-state index contributed by atoms with van der Waals surface area (Å²) in [6.45, 7) is 5.62. The van der Waals surface area contributed by atoms with Gasteiger partial charge in [-0.15, -0.1) is 11.3 Å². The van der Waals surface area contributed by atoms with Crippen LogP contribution in [-0.4, -0.2) is 28.2 Å². The summed E-state index contributed by atoms with van der Waals surface area (Å²) in [7, 11) is -3.38. The van der Waals surface area contributed by atoms with Crippen molar-refractivity contribution in [3.05, 3.63) is 15.9 Å². The molecule has 1 rings (SSSR count). The van der Waals surface area contributed by atoms with Gasteiger partial charge in [-0.1, -0.05) is 13.8 Å². The number of hydrogen-bond donors (Lipinski definition) is 1. The zero-order valence-electron chi connectivity index (χ0n) is 10.5. The molecule has 7 heteroatoms. The van der Waals surface area contributed by atoms with E-state index in [2.05, 4.69) is 34.5 Å². The fourth-order valence-electron chi connectivity index (χ4n) is 1.18. The van der Waals surface area contributed by atoms with Gasteiger partial charge in [0, 0.05) is 13.2 Å². The normalized spacial score (nSPS) is 12.2. The van der Waals surface area contributed by atoms with Crippen molar-refractivity contribution in [3.8, 4) is 0 Å². The molecule has 1 aromatic rings. The molecule has 0 bridgehead atoms. The summed E-state index contributed by atoms with van der Waals surface area (Å²) >= 11 is 4.43. The van der Waals surface area contributed by atoms with E-state index in [1.54, 1.807) is 12.1 Å². The van der Waals surface area contributed by atoms with E-state index in [1.807, 2.05) is 0 Å². The molecule has 0 aliphatic rings. The van der Waals surface area contributed by atoms with Crippen molar-refractivity contribution in [1.82, 2.24) is 4.72 Å². The van der Waals surface area contributed by atoms with Gasteiger partial charge >= 0.3 is 0 Å². The molecule has 1 heterocycles. The third kappa shape index (κ3) is 5.79. The van der Waals surface area contributed by atoms with Gasteiger partial charge in [-0.2, -0.15) is 0 Å². The number of nitrogens with one attached hydrogen (secondary N) is 1. The van der Waals surface area contributed by atoms with Crippen LogP contribution in [0.3, 0.4) is 0 Å². The Balaban J connectivity index is 2.26. The average Bonchev–Trinajstić information content (AvgIpc) is 2.70. The lowest BCUT2D eigenvalue weighted by Gasteiger charge is -2.07. The van der Waals surface area contributed by atoms with Crippen LogP contribution in [0.4, 0.5) is 0 Å². The Morgan fingerprint density at radius 2 is 2.11 bits per heavy atom. The van der Waals surface area contributed by atoms with Crippen molar-refractivity contribution in [2.24, 2.45) is 5.92 Å². The topological polar surface area (TPSA) is 55.4 Å². The third-order valence-electron chi connectivity index (χ3n) is 2.19. The number of halogens is 1. The molecule has 1 aromatic heterocycles. The first kappa shape index (κ1) is 16.1. The Hall–Kier alpha value is 0.0500. The first-order valence-corrected chi connectivity index (χ1v) is 8.84. The van der Waals surface area contributed by atoms with Gasteiger partial charge in [0.05, 0.1) is 10.4 Å². The fourth-order valence-corrected chi connectivity index (χ4v) is 4.25. The monoisotopic (exact) mass is 355 g/mol. The van der Waals surface area contributed by atoms with Crippen LogP contribution in [0.15, 0.2) is 20.1 Å². The van der Waals surface area contributed by atoms with Crippen molar-refractivity contribution in [1.29, 1.82) is 0 Å². The quantitative estimate of drug-likeness (QED) is 0.729. The van der Waals surface area contributed by atoms with Gasteiger partial charge in [-0.3, -0.25) is 0 Å². The maximum atomic E-state index is 11.8. The van der Waals surface area contributed by atoms with Crippen LogP contribution in [0.25, 0.3) is 0 Å². The molecule has 0 radical (unpaired) electrons. The summed E-state index contributed by atoms with van der Waals surface area (Å²) in [5.74, 6) is 0.602. The van der Waals surface area contributed by atoms with Crippen LogP contribution in [0.1, 0.15) is 20.3 Å². The van der Waals surface area contributed by atoms with Crippen molar-refractivity contribution in [2.45, 2.75) is 24.5 Å². The average molecular weight is 356 g/mol. The number of hydrogen-bond acceptors (Lipinski definition) is 4. The molecule has 0 amide bonds. The highest BCUT2D eigenvalue weighted by atomic mass is 79.9. The molecule has 0 aliphatic heterocycles. The second-order valence-corrected chi connectivity index (χ2v) is 8.71. The van der Waals surface area contributed by atoms with Crippen molar-refractivity contribution >= 4 is 37.3 Å². The van der Waals surface area contributed by atoms with Crippen LogP contribution in [0, 0.1) is 5.92 Å². The van der Waals surface area contributed by atoms with Crippen molar-refractivity contribution in [3.63, 3.8) is 0 Å². The molecule has 0 spiro atoms. The maximum absolute atomic E-state index is 11.8. The SMILES string of the molecule is CC(C)CCOCCNS(=O)(=O)c1ccc(Br)s1. The smallest absolute Gasteiger partial charge is 0.250 e. The fraction of sp³-hybridized carbons (Fsp3) is 0.636. The van der Waals surface area contributed by atoms with Crippen LogP contribution >= 0.6 is 27.3 Å². The molecule has 0 fully saturated rings. The lowest BCUT2D eigenvalue weighted by atomic mass is 10.1. The Bertz CT molecular complexity index is 457. The highest BCUT2D eigenvalue weighted by Gasteiger charge is 2.15. The zero-order chi connectivity index (χ0) is 13.6. The van der Waals surface area contributed by atoms with Gasteiger partial charge in [-0.25, -0.2) is 13.1 Å². The molecule has 0 saturated carbocycles. The molecule has 104 valence electrons. The van der Waals surface area contributed by atoms with Crippen LogP contribution < -0.4 is 4.72 Å². The molecule has 0 aliphatic carbocycles. The summed E-state index contributed by atoms with van der Waals surface area (Å²) in [6, 6.07) is 3.30. The van der Waals surface area contributed by atoms with E-state index >= 15 is 0 Å². The Labute approximate surface area is 121 Å². The minimum absolute atomic E-state index is 0.302. The van der Waals surface area contributed by atoms with Gasteiger partial charge in [0.1, 0.15) is 4.21 Å². The summed E-state index contributed by atoms with van der Waals surface area (Å²) in [5, 5.41) is 0. The molecule has 0 atom stereocenters. The Morgan fingerprint density at radius 1 is 1.39 bits per heavy atom. The van der Waals surface area contributed by atoms with Crippen LogP contribution in [0.5, 0.6) is 0 Å². The largest absolute Gasteiger partial charge is 0.380 e. The van der Waals surface area contributed by atoms with Gasteiger partial charge in [-0.05, 0) is 40.4 Å². The molecule has 0 aromatic carbocycles. The number of sulfonamides is 1. The Kier molecular flexibility index (Phi) is 6.79. The summed E-state index contributed by atoms with van der Waals surface area (Å²) in [5.41, 5.74) is 0. The molecule has 1 N–H and O–H groups in total. The highest BCUT2D eigenvalue weighted by molar-refractivity contribution is 9.11.